The molecule has 33 heavy (non-hydrogen) atoms. The molecule has 0 aromatic carbocycles. The van der Waals surface area contributed by atoms with Crippen LogP contribution in [0.2, 0.25) is 0 Å². The predicted octanol–water partition coefficient (Wildman–Crippen LogP) is 2.51. The van der Waals surface area contributed by atoms with E-state index in [0.29, 0.717) is 0 Å². The van der Waals surface area contributed by atoms with E-state index < -0.39 is 47.4 Å². The number of hydrogen-bond donors (Lipinski definition) is 2. The molecule has 1 aliphatic heterocycles. The number of Topliss-reactive ketones (excluding diaryl/α,β-unsaturated/α-hetero) is 1. The van der Waals surface area contributed by atoms with Crippen molar-refractivity contribution in [2.75, 3.05) is 12.4 Å². The zero-order valence-corrected chi connectivity index (χ0v) is 20.7. The van der Waals surface area contributed by atoms with Gasteiger partial charge in [0.15, 0.2) is 5.78 Å². The summed E-state index contributed by atoms with van der Waals surface area (Å²) in [6.45, 7) is 12.2. The SMILES string of the molecule is CC(C)[C@H](NC(=O)C1[C@@H]2[C@H](CN1C(=O)[C@@H](NC(=O)C(F)(F)F)C(C)(C)C)C2(C)C)C(=O)CCl. The summed E-state index contributed by atoms with van der Waals surface area (Å²) in [5, 5.41) is 4.51. The number of piperidine rings is 1. The van der Waals surface area contributed by atoms with Crippen LogP contribution in [-0.2, 0) is 19.2 Å². The van der Waals surface area contributed by atoms with Crippen molar-refractivity contribution in [2.24, 2.45) is 28.6 Å². The van der Waals surface area contributed by atoms with Crippen molar-refractivity contribution in [2.45, 2.75) is 72.8 Å². The third-order valence-corrected chi connectivity index (χ3v) is 7.11. The third kappa shape index (κ3) is 5.46. The highest BCUT2D eigenvalue weighted by Crippen LogP contribution is 2.65. The number of halogens is 4. The van der Waals surface area contributed by atoms with Gasteiger partial charge in [-0.3, -0.25) is 19.2 Å². The lowest BCUT2D eigenvalue weighted by Crippen LogP contribution is -2.61. The third-order valence-electron chi connectivity index (χ3n) is 6.85. The summed E-state index contributed by atoms with van der Waals surface area (Å²) in [7, 11) is 0. The Kier molecular flexibility index (Phi) is 7.54. The summed E-state index contributed by atoms with van der Waals surface area (Å²) in [5.41, 5.74) is -1.29. The van der Waals surface area contributed by atoms with Crippen LogP contribution in [0.5, 0.6) is 0 Å². The van der Waals surface area contributed by atoms with Gasteiger partial charge in [0.25, 0.3) is 0 Å². The van der Waals surface area contributed by atoms with Crippen molar-refractivity contribution in [1.29, 1.82) is 0 Å². The maximum absolute atomic E-state index is 13.4. The molecule has 7 nitrogen and oxygen atoms in total. The molecule has 0 aromatic heterocycles. The second-order valence-corrected chi connectivity index (χ2v) is 11.3. The van der Waals surface area contributed by atoms with Crippen LogP contribution in [0.1, 0.15) is 48.5 Å². The van der Waals surface area contributed by atoms with E-state index in [1.807, 2.05) is 19.2 Å². The van der Waals surface area contributed by atoms with E-state index in [1.165, 1.54) is 25.7 Å². The summed E-state index contributed by atoms with van der Waals surface area (Å²) in [6.07, 6.45) is -5.15. The normalized spacial score (nSPS) is 25.8. The van der Waals surface area contributed by atoms with Gasteiger partial charge in [0.2, 0.25) is 11.8 Å². The van der Waals surface area contributed by atoms with E-state index in [2.05, 4.69) is 5.32 Å². The number of carbonyl (C=O) groups is 4. The molecule has 2 N–H and O–H groups in total. The van der Waals surface area contributed by atoms with Gasteiger partial charge in [0.1, 0.15) is 12.1 Å². The van der Waals surface area contributed by atoms with Gasteiger partial charge in [-0.15, -0.1) is 11.6 Å². The fourth-order valence-corrected chi connectivity index (χ4v) is 4.95. The maximum atomic E-state index is 13.4. The van der Waals surface area contributed by atoms with Crippen molar-refractivity contribution >= 4 is 35.1 Å². The molecule has 11 heteroatoms. The molecular weight excluding hydrogens is 463 g/mol. The largest absolute Gasteiger partial charge is 0.471 e. The minimum atomic E-state index is -5.15. The Hall–Kier alpha value is -1.84. The Morgan fingerprint density at radius 3 is 2.06 bits per heavy atom. The van der Waals surface area contributed by atoms with Crippen LogP contribution < -0.4 is 10.6 Å². The van der Waals surface area contributed by atoms with Crippen LogP contribution in [0.25, 0.3) is 0 Å². The van der Waals surface area contributed by atoms with Gasteiger partial charge in [0, 0.05) is 6.54 Å². The van der Waals surface area contributed by atoms with E-state index in [4.69, 9.17) is 11.6 Å². The smallest absolute Gasteiger partial charge is 0.344 e. The highest BCUT2D eigenvalue weighted by molar-refractivity contribution is 6.28. The highest BCUT2D eigenvalue weighted by atomic mass is 35.5. The molecule has 0 spiro atoms. The van der Waals surface area contributed by atoms with Gasteiger partial charge in [-0.25, -0.2) is 0 Å². The van der Waals surface area contributed by atoms with Crippen molar-refractivity contribution in [3.8, 4) is 0 Å². The molecule has 0 radical (unpaired) electrons. The first-order valence-electron chi connectivity index (χ1n) is 10.9. The lowest BCUT2D eigenvalue weighted by atomic mass is 9.85. The van der Waals surface area contributed by atoms with Crippen LogP contribution in [0, 0.1) is 28.6 Å². The molecule has 2 aliphatic rings. The molecule has 3 amide bonds. The van der Waals surface area contributed by atoms with E-state index in [0.717, 1.165) is 0 Å². The number of nitrogens with zero attached hydrogens (tertiary/aromatic N) is 1. The standard InChI is InChI=1S/C22H33ClF3N3O4/c1-10(2)14(12(30)8-23)27-17(31)15-13-11(21(13,6)7)9-29(15)18(32)16(20(3,4)5)28-19(33)22(24,25)26/h10-11,13-16H,8-9H2,1-7H3,(H,27,31)(H,28,33)/t11-,13-,14-,15?,16+/m0/s1. The van der Waals surface area contributed by atoms with Crippen LogP contribution in [0.4, 0.5) is 13.2 Å². The average Bonchev–Trinajstić information content (AvgIpc) is 3.02. The van der Waals surface area contributed by atoms with Crippen LogP contribution in [0.3, 0.4) is 0 Å². The summed E-state index contributed by atoms with van der Waals surface area (Å²) in [5.74, 6) is -4.65. The summed E-state index contributed by atoms with van der Waals surface area (Å²) >= 11 is 5.67. The summed E-state index contributed by atoms with van der Waals surface area (Å²) in [6, 6.07) is -3.31. The van der Waals surface area contributed by atoms with Crippen LogP contribution in [-0.4, -0.2) is 65.1 Å². The zero-order valence-electron chi connectivity index (χ0n) is 20.0. The predicted molar refractivity (Wildman–Crippen MR) is 116 cm³/mol. The van der Waals surface area contributed by atoms with Gasteiger partial charge < -0.3 is 15.5 Å². The summed E-state index contributed by atoms with van der Waals surface area (Å²) in [4.78, 5) is 51.8. The number of likely N-dealkylation sites (tertiary alicyclic amines) is 1. The molecule has 5 atom stereocenters. The number of carbonyl (C=O) groups excluding carboxylic acids is 4. The van der Waals surface area contributed by atoms with Gasteiger partial charge in [-0.05, 0) is 28.6 Å². The number of hydrogen-bond acceptors (Lipinski definition) is 4. The monoisotopic (exact) mass is 495 g/mol. The van der Waals surface area contributed by atoms with E-state index in [-0.39, 0.29) is 41.4 Å². The minimum absolute atomic E-state index is 0.0163. The van der Waals surface area contributed by atoms with Crippen LogP contribution in [0.15, 0.2) is 0 Å². The quantitative estimate of drug-likeness (QED) is 0.530. The molecule has 1 unspecified atom stereocenters. The fraction of sp³-hybridized carbons (Fsp3) is 0.818. The zero-order chi connectivity index (χ0) is 25.7. The van der Waals surface area contributed by atoms with Crippen molar-refractivity contribution in [3.63, 3.8) is 0 Å². The second kappa shape index (κ2) is 9.07. The molecular formula is C22H33ClF3N3O4. The molecule has 2 fully saturated rings. The van der Waals surface area contributed by atoms with E-state index in [1.54, 1.807) is 13.8 Å². The topological polar surface area (TPSA) is 95.6 Å². The molecule has 1 aliphatic carbocycles. The highest BCUT2D eigenvalue weighted by Gasteiger charge is 2.70. The molecule has 2 rings (SSSR count). The number of amides is 3. The van der Waals surface area contributed by atoms with Crippen molar-refractivity contribution < 1.29 is 32.3 Å². The molecule has 1 saturated carbocycles. The number of rotatable bonds is 7. The lowest BCUT2D eigenvalue weighted by molar-refractivity contribution is -0.176. The number of nitrogens with one attached hydrogen (secondary N) is 2. The first-order chi connectivity index (χ1) is 14.9. The number of fused-ring (bicyclic) bond motifs is 1. The Morgan fingerprint density at radius 1 is 1.09 bits per heavy atom. The fourth-order valence-electron chi connectivity index (χ4n) is 4.78. The van der Waals surface area contributed by atoms with E-state index >= 15 is 0 Å². The molecule has 1 saturated heterocycles. The Labute approximate surface area is 197 Å². The molecule has 0 bridgehead atoms. The van der Waals surface area contributed by atoms with Gasteiger partial charge >= 0.3 is 12.1 Å². The van der Waals surface area contributed by atoms with Crippen molar-refractivity contribution in [1.82, 2.24) is 15.5 Å². The number of alkyl halides is 4. The molecule has 188 valence electrons. The first-order valence-corrected chi connectivity index (χ1v) is 11.5. The maximum Gasteiger partial charge on any atom is 0.471 e. The number of ketones is 1. The van der Waals surface area contributed by atoms with Crippen molar-refractivity contribution in [3.05, 3.63) is 0 Å². The lowest BCUT2D eigenvalue weighted by Gasteiger charge is -2.38. The summed E-state index contributed by atoms with van der Waals surface area (Å²) < 4.78 is 38.7. The minimum Gasteiger partial charge on any atom is -0.344 e. The van der Waals surface area contributed by atoms with Crippen LogP contribution >= 0.6 is 11.6 Å². The molecule has 1 heterocycles. The second-order valence-electron chi connectivity index (χ2n) is 11.0. The van der Waals surface area contributed by atoms with Gasteiger partial charge in [0.05, 0.1) is 11.9 Å². The van der Waals surface area contributed by atoms with Gasteiger partial charge in [-0.1, -0.05) is 48.5 Å². The van der Waals surface area contributed by atoms with Gasteiger partial charge in [-0.2, -0.15) is 13.2 Å². The first kappa shape index (κ1) is 27.4. The average molecular weight is 496 g/mol. The molecule has 0 aromatic rings. The Bertz CT molecular complexity index is 823. The Morgan fingerprint density at radius 2 is 1.64 bits per heavy atom. The Balaban J connectivity index is 2.35. The van der Waals surface area contributed by atoms with E-state index in [9.17, 15) is 32.3 Å².